The van der Waals surface area contributed by atoms with E-state index in [-0.39, 0.29) is 12.5 Å². The van der Waals surface area contributed by atoms with Gasteiger partial charge in [-0.25, -0.2) is 0 Å². The third-order valence-corrected chi connectivity index (χ3v) is 2.53. The van der Waals surface area contributed by atoms with E-state index in [4.69, 9.17) is 4.74 Å². The molecule has 0 aliphatic heterocycles. The number of carbonyl (C=O) groups excluding carboxylic acids is 1. The minimum absolute atomic E-state index is 0.194. The molecule has 84 valence electrons. The fraction of sp³-hybridized carbons (Fsp3) is 0.308. The fourth-order valence-electron chi connectivity index (χ4n) is 1.80. The Balaban J connectivity index is 2.28. The molecule has 0 aliphatic carbocycles. The van der Waals surface area contributed by atoms with E-state index in [1.807, 2.05) is 35.9 Å². The minimum Gasteiger partial charge on any atom is -0.465 e. The highest BCUT2D eigenvalue weighted by Crippen LogP contribution is 2.17. The summed E-state index contributed by atoms with van der Waals surface area (Å²) in [5.74, 6) is -0.194. The van der Waals surface area contributed by atoms with Gasteiger partial charge in [-0.2, -0.15) is 0 Å². The smallest absolute Gasteiger partial charge is 0.325 e. The number of aromatic nitrogens is 1. The number of nitrogens with zero attached hydrogens (tertiary/aromatic N) is 1. The molecule has 0 saturated carbocycles. The molecule has 0 amide bonds. The summed E-state index contributed by atoms with van der Waals surface area (Å²) >= 11 is 0. The number of hydrogen-bond donors (Lipinski definition) is 0. The van der Waals surface area contributed by atoms with E-state index in [2.05, 4.69) is 13.0 Å². The lowest BCUT2D eigenvalue weighted by Gasteiger charge is -2.05. The van der Waals surface area contributed by atoms with Crippen LogP contribution >= 0.6 is 0 Å². The molecule has 0 fully saturated rings. The molecule has 0 unspecified atom stereocenters. The fourth-order valence-corrected chi connectivity index (χ4v) is 1.80. The Kier molecular flexibility index (Phi) is 2.95. The Hall–Kier alpha value is -1.77. The molecule has 1 aromatic heterocycles. The van der Waals surface area contributed by atoms with Gasteiger partial charge in [-0.1, -0.05) is 11.6 Å². The maximum Gasteiger partial charge on any atom is 0.325 e. The zero-order chi connectivity index (χ0) is 11.5. The number of benzene rings is 1. The van der Waals surface area contributed by atoms with Gasteiger partial charge in [0.2, 0.25) is 0 Å². The largest absolute Gasteiger partial charge is 0.465 e. The quantitative estimate of drug-likeness (QED) is 0.740. The van der Waals surface area contributed by atoms with Gasteiger partial charge in [0.15, 0.2) is 0 Å². The topological polar surface area (TPSA) is 31.2 Å². The molecule has 1 aromatic carbocycles. The molecule has 3 heteroatoms. The van der Waals surface area contributed by atoms with E-state index in [0.717, 1.165) is 10.9 Å². The summed E-state index contributed by atoms with van der Waals surface area (Å²) in [7, 11) is 0. The predicted molar refractivity (Wildman–Crippen MR) is 63.3 cm³/mol. The number of fused-ring (bicyclic) bond motifs is 1. The minimum atomic E-state index is -0.194. The van der Waals surface area contributed by atoms with Crippen LogP contribution in [-0.4, -0.2) is 17.1 Å². The third kappa shape index (κ3) is 2.08. The van der Waals surface area contributed by atoms with E-state index >= 15 is 0 Å². The van der Waals surface area contributed by atoms with E-state index in [1.165, 1.54) is 5.56 Å². The molecular formula is C13H15NO2. The average molecular weight is 217 g/mol. The van der Waals surface area contributed by atoms with Crippen LogP contribution in [0.5, 0.6) is 0 Å². The van der Waals surface area contributed by atoms with Crippen LogP contribution in [0.1, 0.15) is 12.5 Å². The van der Waals surface area contributed by atoms with Crippen LogP contribution < -0.4 is 0 Å². The van der Waals surface area contributed by atoms with Crippen molar-refractivity contribution in [3.8, 4) is 0 Å². The van der Waals surface area contributed by atoms with Crippen molar-refractivity contribution in [3.05, 3.63) is 36.0 Å². The van der Waals surface area contributed by atoms with Gasteiger partial charge in [0.1, 0.15) is 6.54 Å². The molecule has 3 nitrogen and oxygen atoms in total. The van der Waals surface area contributed by atoms with E-state index in [1.54, 1.807) is 0 Å². The molecule has 0 spiro atoms. The number of ether oxygens (including phenoxy) is 1. The highest BCUT2D eigenvalue weighted by Gasteiger charge is 2.06. The number of hydrogen-bond acceptors (Lipinski definition) is 2. The molecule has 0 radical (unpaired) electrons. The van der Waals surface area contributed by atoms with Crippen LogP contribution in [0, 0.1) is 6.92 Å². The molecule has 0 aliphatic rings. The predicted octanol–water partition coefficient (Wildman–Crippen LogP) is 2.51. The summed E-state index contributed by atoms with van der Waals surface area (Å²) in [4.78, 5) is 11.4. The summed E-state index contributed by atoms with van der Waals surface area (Å²) in [6, 6.07) is 8.20. The summed E-state index contributed by atoms with van der Waals surface area (Å²) in [5.41, 5.74) is 2.29. The van der Waals surface area contributed by atoms with Gasteiger partial charge in [-0.3, -0.25) is 4.79 Å². The van der Waals surface area contributed by atoms with Crippen LogP contribution in [0.3, 0.4) is 0 Å². The Morgan fingerprint density at radius 1 is 1.38 bits per heavy atom. The van der Waals surface area contributed by atoms with Crippen LogP contribution in [0.15, 0.2) is 30.5 Å². The molecule has 0 N–H and O–H groups in total. The summed E-state index contributed by atoms with van der Waals surface area (Å²) < 4.78 is 6.84. The van der Waals surface area contributed by atoms with Crippen molar-refractivity contribution in [3.63, 3.8) is 0 Å². The van der Waals surface area contributed by atoms with Gasteiger partial charge >= 0.3 is 5.97 Å². The Morgan fingerprint density at radius 3 is 2.94 bits per heavy atom. The standard InChI is InChI=1S/C13H15NO2/c1-3-16-13(15)9-14-7-6-11-8-10(2)4-5-12(11)14/h4-8H,3,9H2,1-2H3. The number of rotatable bonds is 3. The lowest BCUT2D eigenvalue weighted by Crippen LogP contribution is -2.12. The van der Waals surface area contributed by atoms with E-state index in [0.29, 0.717) is 6.61 Å². The first-order chi connectivity index (χ1) is 7.70. The van der Waals surface area contributed by atoms with Gasteiger partial charge in [0, 0.05) is 11.7 Å². The number of carbonyl (C=O) groups is 1. The van der Waals surface area contributed by atoms with Crippen LogP contribution in [-0.2, 0) is 16.1 Å². The molecule has 0 bridgehead atoms. The second-order valence-corrected chi connectivity index (χ2v) is 3.81. The van der Waals surface area contributed by atoms with Crippen molar-refractivity contribution in [1.29, 1.82) is 0 Å². The number of aryl methyl sites for hydroxylation is 1. The third-order valence-electron chi connectivity index (χ3n) is 2.53. The second kappa shape index (κ2) is 4.39. The first-order valence-corrected chi connectivity index (χ1v) is 5.42. The summed E-state index contributed by atoms with van der Waals surface area (Å²) in [6.07, 6.45) is 1.92. The maximum absolute atomic E-state index is 11.4. The Labute approximate surface area is 94.6 Å². The van der Waals surface area contributed by atoms with Gasteiger partial charge < -0.3 is 9.30 Å². The van der Waals surface area contributed by atoms with E-state index < -0.39 is 0 Å². The monoisotopic (exact) mass is 217 g/mol. The molecule has 1 heterocycles. The first-order valence-electron chi connectivity index (χ1n) is 5.42. The van der Waals surface area contributed by atoms with Gasteiger partial charge in [-0.05, 0) is 37.4 Å². The SMILES string of the molecule is CCOC(=O)Cn1ccc2cc(C)ccc21. The van der Waals surface area contributed by atoms with Crippen molar-refractivity contribution in [2.75, 3.05) is 6.61 Å². The van der Waals surface area contributed by atoms with Gasteiger partial charge in [-0.15, -0.1) is 0 Å². The van der Waals surface area contributed by atoms with E-state index in [9.17, 15) is 4.79 Å². The van der Waals surface area contributed by atoms with Crippen molar-refractivity contribution in [2.24, 2.45) is 0 Å². The van der Waals surface area contributed by atoms with Crippen molar-refractivity contribution in [2.45, 2.75) is 20.4 Å². The molecule has 2 rings (SSSR count). The molecule has 0 atom stereocenters. The lowest BCUT2D eigenvalue weighted by molar-refractivity contribution is -0.143. The van der Waals surface area contributed by atoms with Gasteiger partial charge in [0.25, 0.3) is 0 Å². The van der Waals surface area contributed by atoms with Crippen LogP contribution in [0.2, 0.25) is 0 Å². The molecule has 0 saturated heterocycles. The van der Waals surface area contributed by atoms with Gasteiger partial charge in [0.05, 0.1) is 6.61 Å². The number of esters is 1. The summed E-state index contributed by atoms with van der Waals surface area (Å²) in [6.45, 7) is 4.58. The van der Waals surface area contributed by atoms with Crippen LogP contribution in [0.25, 0.3) is 10.9 Å². The Bertz CT molecular complexity index is 514. The average Bonchev–Trinajstić information content (AvgIpc) is 2.61. The highest BCUT2D eigenvalue weighted by atomic mass is 16.5. The molecule has 2 aromatic rings. The summed E-state index contributed by atoms with van der Waals surface area (Å²) in [5, 5.41) is 1.16. The lowest BCUT2D eigenvalue weighted by atomic mass is 10.2. The maximum atomic E-state index is 11.4. The normalized spacial score (nSPS) is 10.6. The highest BCUT2D eigenvalue weighted by molar-refractivity contribution is 5.82. The Morgan fingerprint density at radius 2 is 2.19 bits per heavy atom. The second-order valence-electron chi connectivity index (χ2n) is 3.81. The van der Waals surface area contributed by atoms with Crippen molar-refractivity contribution in [1.82, 2.24) is 4.57 Å². The zero-order valence-electron chi connectivity index (χ0n) is 9.56. The van der Waals surface area contributed by atoms with Crippen LogP contribution in [0.4, 0.5) is 0 Å². The van der Waals surface area contributed by atoms with Crippen molar-refractivity contribution >= 4 is 16.9 Å². The molecule has 16 heavy (non-hydrogen) atoms. The van der Waals surface area contributed by atoms with Crippen molar-refractivity contribution < 1.29 is 9.53 Å². The molecular weight excluding hydrogens is 202 g/mol. The first kappa shape index (κ1) is 10.7. The zero-order valence-corrected chi connectivity index (χ0v) is 9.56.